The van der Waals surface area contributed by atoms with Gasteiger partial charge in [0.15, 0.2) is 0 Å². The van der Waals surface area contributed by atoms with Crippen molar-refractivity contribution in [2.45, 2.75) is 25.2 Å². The van der Waals surface area contributed by atoms with E-state index >= 15 is 0 Å². The van der Waals surface area contributed by atoms with Crippen LogP contribution in [0.15, 0.2) is 29.2 Å². The molecule has 1 unspecified atom stereocenters. The third kappa shape index (κ3) is 3.78. The molecule has 1 aliphatic rings. The molecule has 22 heavy (non-hydrogen) atoms. The first kappa shape index (κ1) is 16.8. The third-order valence-corrected chi connectivity index (χ3v) is 5.42. The first-order valence-electron chi connectivity index (χ1n) is 7.26. The first-order valence-corrected chi connectivity index (χ1v) is 8.70. The van der Waals surface area contributed by atoms with Gasteiger partial charge in [-0.3, -0.25) is 4.79 Å². The maximum atomic E-state index is 12.5. The van der Waals surface area contributed by atoms with Crippen LogP contribution in [0.2, 0.25) is 0 Å². The van der Waals surface area contributed by atoms with Crippen LogP contribution in [-0.4, -0.2) is 43.5 Å². The lowest BCUT2D eigenvalue weighted by Gasteiger charge is -2.16. The van der Waals surface area contributed by atoms with Crippen molar-refractivity contribution in [1.82, 2.24) is 4.31 Å². The van der Waals surface area contributed by atoms with Gasteiger partial charge >= 0.3 is 5.97 Å². The van der Waals surface area contributed by atoms with E-state index < -0.39 is 21.9 Å². The van der Waals surface area contributed by atoms with Crippen LogP contribution in [0.4, 0.5) is 0 Å². The van der Waals surface area contributed by atoms with Gasteiger partial charge in [-0.15, -0.1) is 0 Å². The summed E-state index contributed by atoms with van der Waals surface area (Å²) in [6.07, 6.45) is 0.351. The molecule has 0 radical (unpaired) electrons. The van der Waals surface area contributed by atoms with E-state index in [2.05, 4.69) is 0 Å². The van der Waals surface area contributed by atoms with E-state index in [1.54, 1.807) is 12.1 Å². The topological polar surface area (TPSA) is 83.9 Å². The number of rotatable bonds is 6. The molecule has 1 aliphatic heterocycles. The fourth-order valence-electron chi connectivity index (χ4n) is 2.27. The quantitative estimate of drug-likeness (QED) is 0.861. The average molecular weight is 327 g/mol. The molecule has 2 rings (SSSR count). The number of carboxylic acids is 1. The summed E-state index contributed by atoms with van der Waals surface area (Å²) in [5.74, 6) is -0.558. The van der Waals surface area contributed by atoms with Gasteiger partial charge in [0.05, 0.1) is 17.4 Å². The van der Waals surface area contributed by atoms with Gasteiger partial charge in [-0.1, -0.05) is 13.8 Å². The summed E-state index contributed by atoms with van der Waals surface area (Å²) < 4.78 is 31.7. The van der Waals surface area contributed by atoms with Crippen molar-refractivity contribution >= 4 is 16.0 Å². The number of carboxylic acid groups (broad SMARTS) is 1. The van der Waals surface area contributed by atoms with Crippen molar-refractivity contribution < 1.29 is 23.1 Å². The lowest BCUT2D eigenvalue weighted by molar-refractivity contribution is -0.141. The van der Waals surface area contributed by atoms with Crippen LogP contribution < -0.4 is 4.74 Å². The Kier molecular flexibility index (Phi) is 5.08. The van der Waals surface area contributed by atoms with Gasteiger partial charge in [0.1, 0.15) is 5.75 Å². The molecule has 1 aromatic carbocycles. The second-order valence-electron chi connectivity index (χ2n) is 5.86. The normalized spacial score (nSPS) is 19.5. The van der Waals surface area contributed by atoms with Gasteiger partial charge in [-0.05, 0) is 36.6 Å². The number of benzene rings is 1. The van der Waals surface area contributed by atoms with E-state index in [1.807, 2.05) is 13.8 Å². The largest absolute Gasteiger partial charge is 0.493 e. The molecule has 0 spiro atoms. The molecular weight excluding hydrogens is 306 g/mol. The van der Waals surface area contributed by atoms with E-state index in [0.717, 1.165) is 0 Å². The fraction of sp³-hybridized carbons (Fsp3) is 0.533. The number of sulfonamides is 1. The molecule has 1 heterocycles. The maximum absolute atomic E-state index is 12.5. The van der Waals surface area contributed by atoms with Crippen molar-refractivity contribution in [2.24, 2.45) is 11.8 Å². The zero-order valence-electron chi connectivity index (χ0n) is 12.7. The summed E-state index contributed by atoms with van der Waals surface area (Å²) in [5.41, 5.74) is 0. The Hall–Kier alpha value is -1.60. The maximum Gasteiger partial charge on any atom is 0.307 e. The Morgan fingerprint density at radius 3 is 2.50 bits per heavy atom. The number of hydrogen-bond acceptors (Lipinski definition) is 4. The smallest absolute Gasteiger partial charge is 0.307 e. The summed E-state index contributed by atoms with van der Waals surface area (Å²) >= 11 is 0. The zero-order chi connectivity index (χ0) is 16.3. The van der Waals surface area contributed by atoms with E-state index in [1.165, 1.54) is 16.4 Å². The van der Waals surface area contributed by atoms with Gasteiger partial charge in [-0.25, -0.2) is 8.42 Å². The van der Waals surface area contributed by atoms with Crippen LogP contribution in [0.3, 0.4) is 0 Å². The van der Waals surface area contributed by atoms with Gasteiger partial charge in [0.25, 0.3) is 0 Å². The lowest BCUT2D eigenvalue weighted by atomic mass is 10.1. The minimum atomic E-state index is -3.64. The molecule has 0 amide bonds. The molecule has 1 aromatic rings. The van der Waals surface area contributed by atoms with Crippen LogP contribution in [-0.2, 0) is 14.8 Å². The summed E-state index contributed by atoms with van der Waals surface area (Å²) in [7, 11) is -3.64. The van der Waals surface area contributed by atoms with Crippen LogP contribution in [0.5, 0.6) is 5.75 Å². The number of nitrogens with zero attached hydrogens (tertiary/aromatic N) is 1. The average Bonchev–Trinajstić information content (AvgIpc) is 2.96. The Balaban J connectivity index is 2.08. The van der Waals surface area contributed by atoms with Crippen molar-refractivity contribution in [3.8, 4) is 5.75 Å². The highest BCUT2D eigenvalue weighted by atomic mass is 32.2. The van der Waals surface area contributed by atoms with Crippen molar-refractivity contribution in [3.63, 3.8) is 0 Å². The molecule has 122 valence electrons. The summed E-state index contributed by atoms with van der Waals surface area (Å²) in [4.78, 5) is 11.1. The predicted molar refractivity (Wildman–Crippen MR) is 81.3 cm³/mol. The number of carbonyl (C=O) groups is 1. The van der Waals surface area contributed by atoms with Crippen LogP contribution in [0, 0.1) is 11.8 Å². The van der Waals surface area contributed by atoms with Crippen molar-refractivity contribution in [1.29, 1.82) is 0 Å². The van der Waals surface area contributed by atoms with E-state index in [0.29, 0.717) is 24.7 Å². The Labute approximate surface area is 130 Å². The first-order chi connectivity index (χ1) is 10.3. The van der Waals surface area contributed by atoms with Crippen LogP contribution in [0.25, 0.3) is 0 Å². The minimum absolute atomic E-state index is 0.0310. The van der Waals surface area contributed by atoms with E-state index in [9.17, 15) is 13.2 Å². The van der Waals surface area contributed by atoms with Crippen LogP contribution in [0.1, 0.15) is 20.3 Å². The molecular formula is C15H21NO5S. The van der Waals surface area contributed by atoms with Gasteiger partial charge in [-0.2, -0.15) is 4.31 Å². The number of hydrogen-bond donors (Lipinski definition) is 1. The van der Waals surface area contributed by atoms with Gasteiger partial charge in [0, 0.05) is 13.1 Å². The summed E-state index contributed by atoms with van der Waals surface area (Å²) in [6, 6.07) is 6.25. The predicted octanol–water partition coefficient (Wildman–Crippen LogP) is 1.82. The third-order valence-electron chi connectivity index (χ3n) is 3.55. The zero-order valence-corrected chi connectivity index (χ0v) is 13.5. The van der Waals surface area contributed by atoms with E-state index in [4.69, 9.17) is 9.84 Å². The molecule has 7 heteroatoms. The molecule has 0 bridgehead atoms. The van der Waals surface area contributed by atoms with Gasteiger partial charge in [0.2, 0.25) is 10.0 Å². The molecule has 0 aliphatic carbocycles. The number of ether oxygens (including phenoxy) is 1. The molecule has 0 aromatic heterocycles. The SMILES string of the molecule is CC(C)COc1ccc(S(=O)(=O)N2CCC(C(=O)O)C2)cc1. The van der Waals surface area contributed by atoms with Crippen molar-refractivity contribution in [2.75, 3.05) is 19.7 Å². The monoisotopic (exact) mass is 327 g/mol. The molecule has 0 saturated carbocycles. The highest BCUT2D eigenvalue weighted by Gasteiger charge is 2.35. The fourth-order valence-corrected chi connectivity index (χ4v) is 3.77. The Morgan fingerprint density at radius 1 is 1.36 bits per heavy atom. The molecule has 1 atom stereocenters. The lowest BCUT2D eigenvalue weighted by Crippen LogP contribution is -2.30. The molecule has 1 saturated heterocycles. The highest BCUT2D eigenvalue weighted by molar-refractivity contribution is 7.89. The second-order valence-corrected chi connectivity index (χ2v) is 7.80. The second kappa shape index (κ2) is 6.66. The standard InChI is InChI=1S/C15H21NO5S/c1-11(2)10-21-13-3-5-14(6-4-13)22(19,20)16-8-7-12(9-16)15(17)18/h3-6,11-12H,7-10H2,1-2H3,(H,17,18). The number of aliphatic carboxylic acids is 1. The molecule has 1 fully saturated rings. The minimum Gasteiger partial charge on any atom is -0.493 e. The summed E-state index contributed by atoms with van der Waals surface area (Å²) in [5, 5.41) is 8.97. The van der Waals surface area contributed by atoms with Crippen LogP contribution >= 0.6 is 0 Å². The van der Waals surface area contributed by atoms with Gasteiger partial charge < -0.3 is 9.84 Å². The van der Waals surface area contributed by atoms with E-state index in [-0.39, 0.29) is 18.0 Å². The molecule has 6 nitrogen and oxygen atoms in total. The van der Waals surface area contributed by atoms with Crippen molar-refractivity contribution in [3.05, 3.63) is 24.3 Å². The Morgan fingerprint density at radius 2 is 2.00 bits per heavy atom. The highest BCUT2D eigenvalue weighted by Crippen LogP contribution is 2.25. The Bertz CT molecular complexity index is 624. The summed E-state index contributed by atoms with van der Waals surface area (Å²) in [6.45, 7) is 4.91. The molecule has 1 N–H and O–H groups in total.